The van der Waals surface area contributed by atoms with Gasteiger partial charge < -0.3 is 10.6 Å². The lowest BCUT2D eigenvalue weighted by molar-refractivity contribution is -0.121. The largest absolute Gasteiger partial charge is 0.356 e. The van der Waals surface area contributed by atoms with Crippen molar-refractivity contribution < 1.29 is 9.59 Å². The molecule has 4 heteroatoms. The smallest absolute Gasteiger partial charge is 0.220 e. The Kier molecular flexibility index (Phi) is 6.60. The van der Waals surface area contributed by atoms with E-state index in [1.165, 1.54) is 17.7 Å². The standard InChI is InChI=1S/C19H24N2O2/c1-15(22)20-13-6-2-3-12-19(23)21-14-17-10-7-9-16-8-4-5-11-18(16)17/h4-5,7-11H,2-3,6,12-14H2,1H3,(H,20,22)(H,21,23). The van der Waals surface area contributed by atoms with Crippen molar-refractivity contribution in [2.75, 3.05) is 6.54 Å². The van der Waals surface area contributed by atoms with Crippen molar-refractivity contribution in [2.45, 2.75) is 39.2 Å². The maximum Gasteiger partial charge on any atom is 0.220 e. The molecular formula is C19H24N2O2. The Morgan fingerprint density at radius 1 is 0.913 bits per heavy atom. The molecule has 23 heavy (non-hydrogen) atoms. The zero-order valence-corrected chi connectivity index (χ0v) is 13.6. The van der Waals surface area contributed by atoms with Crippen LogP contribution < -0.4 is 10.6 Å². The fourth-order valence-corrected chi connectivity index (χ4v) is 2.58. The van der Waals surface area contributed by atoms with E-state index >= 15 is 0 Å². The molecule has 0 atom stereocenters. The number of nitrogens with one attached hydrogen (secondary N) is 2. The van der Waals surface area contributed by atoms with Crippen molar-refractivity contribution in [1.29, 1.82) is 0 Å². The highest BCUT2D eigenvalue weighted by molar-refractivity contribution is 5.86. The van der Waals surface area contributed by atoms with Gasteiger partial charge in [-0.25, -0.2) is 0 Å². The number of rotatable bonds is 8. The van der Waals surface area contributed by atoms with E-state index < -0.39 is 0 Å². The minimum atomic E-state index is -0.00201. The van der Waals surface area contributed by atoms with Crippen LogP contribution in [0.3, 0.4) is 0 Å². The Hall–Kier alpha value is -2.36. The molecule has 2 aromatic carbocycles. The van der Waals surface area contributed by atoms with Gasteiger partial charge in [-0.1, -0.05) is 48.9 Å². The molecule has 0 bridgehead atoms. The topological polar surface area (TPSA) is 58.2 Å². The second-order valence-corrected chi connectivity index (χ2v) is 5.71. The molecule has 0 saturated carbocycles. The first-order valence-electron chi connectivity index (χ1n) is 8.14. The van der Waals surface area contributed by atoms with Gasteiger partial charge in [0.05, 0.1) is 0 Å². The number of carbonyl (C=O) groups excluding carboxylic acids is 2. The predicted octanol–water partition coefficient (Wildman–Crippen LogP) is 3.15. The zero-order valence-electron chi connectivity index (χ0n) is 13.6. The Morgan fingerprint density at radius 2 is 1.70 bits per heavy atom. The van der Waals surface area contributed by atoms with E-state index in [1.54, 1.807) is 0 Å². The maximum absolute atomic E-state index is 11.9. The van der Waals surface area contributed by atoms with Crippen molar-refractivity contribution >= 4 is 22.6 Å². The van der Waals surface area contributed by atoms with E-state index in [9.17, 15) is 9.59 Å². The zero-order chi connectivity index (χ0) is 16.5. The van der Waals surface area contributed by atoms with Crippen molar-refractivity contribution in [1.82, 2.24) is 10.6 Å². The Morgan fingerprint density at radius 3 is 2.52 bits per heavy atom. The van der Waals surface area contributed by atoms with Crippen LogP contribution in [-0.4, -0.2) is 18.4 Å². The molecule has 0 aliphatic heterocycles. The van der Waals surface area contributed by atoms with Gasteiger partial charge in [-0.2, -0.15) is 0 Å². The van der Waals surface area contributed by atoms with Crippen LogP contribution in [0.2, 0.25) is 0 Å². The van der Waals surface area contributed by atoms with Crippen molar-refractivity contribution in [3.63, 3.8) is 0 Å². The fourth-order valence-electron chi connectivity index (χ4n) is 2.58. The third-order valence-electron chi connectivity index (χ3n) is 3.81. The van der Waals surface area contributed by atoms with Gasteiger partial charge in [-0.05, 0) is 29.2 Å². The van der Waals surface area contributed by atoms with Crippen molar-refractivity contribution in [3.8, 4) is 0 Å². The number of hydrogen-bond acceptors (Lipinski definition) is 2. The third-order valence-corrected chi connectivity index (χ3v) is 3.81. The average Bonchev–Trinajstić information content (AvgIpc) is 2.55. The molecule has 2 aromatic rings. The molecule has 2 amide bonds. The van der Waals surface area contributed by atoms with E-state index in [1.807, 2.05) is 18.2 Å². The summed E-state index contributed by atoms with van der Waals surface area (Å²) in [6, 6.07) is 14.3. The molecule has 122 valence electrons. The minimum Gasteiger partial charge on any atom is -0.356 e. The van der Waals surface area contributed by atoms with E-state index in [0.717, 1.165) is 24.8 Å². The van der Waals surface area contributed by atoms with Crippen LogP contribution in [0, 0.1) is 0 Å². The van der Waals surface area contributed by atoms with Gasteiger partial charge in [0.15, 0.2) is 0 Å². The van der Waals surface area contributed by atoms with Gasteiger partial charge >= 0.3 is 0 Å². The van der Waals surface area contributed by atoms with Gasteiger partial charge in [-0.3, -0.25) is 9.59 Å². The highest BCUT2D eigenvalue weighted by Gasteiger charge is 2.04. The monoisotopic (exact) mass is 312 g/mol. The normalized spacial score (nSPS) is 10.5. The number of carbonyl (C=O) groups is 2. The molecule has 0 aliphatic rings. The van der Waals surface area contributed by atoms with E-state index in [-0.39, 0.29) is 11.8 Å². The highest BCUT2D eigenvalue weighted by Crippen LogP contribution is 2.18. The number of benzene rings is 2. The van der Waals surface area contributed by atoms with E-state index in [2.05, 4.69) is 34.9 Å². The Bertz CT molecular complexity index is 662. The molecule has 2 rings (SSSR count). The van der Waals surface area contributed by atoms with Crippen molar-refractivity contribution in [2.24, 2.45) is 0 Å². The lowest BCUT2D eigenvalue weighted by atomic mass is 10.0. The van der Waals surface area contributed by atoms with E-state index in [4.69, 9.17) is 0 Å². The summed E-state index contributed by atoms with van der Waals surface area (Å²) in [5.41, 5.74) is 1.14. The average molecular weight is 312 g/mol. The highest BCUT2D eigenvalue weighted by atomic mass is 16.2. The SMILES string of the molecule is CC(=O)NCCCCCC(=O)NCc1cccc2ccccc12. The Labute approximate surface area is 137 Å². The summed E-state index contributed by atoms with van der Waals surface area (Å²) in [6.07, 6.45) is 3.24. The van der Waals surface area contributed by atoms with Gasteiger partial charge in [0.25, 0.3) is 0 Å². The molecule has 0 unspecified atom stereocenters. The van der Waals surface area contributed by atoms with Crippen LogP contribution >= 0.6 is 0 Å². The fraction of sp³-hybridized carbons (Fsp3) is 0.368. The number of fused-ring (bicyclic) bond motifs is 1. The molecule has 0 heterocycles. The lowest BCUT2D eigenvalue weighted by Gasteiger charge is -2.08. The van der Waals surface area contributed by atoms with Gasteiger partial charge in [0, 0.05) is 26.4 Å². The van der Waals surface area contributed by atoms with Crippen molar-refractivity contribution in [3.05, 3.63) is 48.0 Å². The molecule has 0 aromatic heterocycles. The quantitative estimate of drug-likeness (QED) is 0.736. The summed E-state index contributed by atoms with van der Waals surface area (Å²) in [4.78, 5) is 22.6. The van der Waals surface area contributed by atoms with Crippen LogP contribution in [0.4, 0.5) is 0 Å². The molecule has 0 spiro atoms. The summed E-state index contributed by atoms with van der Waals surface area (Å²) in [5, 5.41) is 8.13. The Balaban J connectivity index is 1.71. The summed E-state index contributed by atoms with van der Waals surface area (Å²) < 4.78 is 0. The molecule has 2 N–H and O–H groups in total. The summed E-state index contributed by atoms with van der Waals surface area (Å²) in [6.45, 7) is 2.76. The molecule has 0 saturated heterocycles. The van der Waals surface area contributed by atoms with E-state index in [0.29, 0.717) is 19.5 Å². The molecule has 0 fully saturated rings. The number of unbranched alkanes of at least 4 members (excludes halogenated alkanes) is 2. The van der Waals surface area contributed by atoms with Gasteiger partial charge in [0.2, 0.25) is 11.8 Å². The second kappa shape index (κ2) is 8.93. The maximum atomic E-state index is 11.9. The number of hydrogen-bond donors (Lipinski definition) is 2. The van der Waals surface area contributed by atoms with Crippen LogP contribution in [-0.2, 0) is 16.1 Å². The first kappa shape index (κ1) is 17.0. The van der Waals surface area contributed by atoms with Gasteiger partial charge in [0.1, 0.15) is 0 Å². The van der Waals surface area contributed by atoms with Crippen LogP contribution in [0.25, 0.3) is 10.8 Å². The first-order chi connectivity index (χ1) is 11.2. The van der Waals surface area contributed by atoms with Gasteiger partial charge in [-0.15, -0.1) is 0 Å². The molecule has 0 radical (unpaired) electrons. The molecule has 0 aliphatic carbocycles. The summed E-state index contributed by atoms with van der Waals surface area (Å²) in [5.74, 6) is 0.0790. The lowest BCUT2D eigenvalue weighted by Crippen LogP contribution is -2.23. The molecular weight excluding hydrogens is 288 g/mol. The molecule has 4 nitrogen and oxygen atoms in total. The third kappa shape index (κ3) is 5.74. The summed E-state index contributed by atoms with van der Waals surface area (Å²) in [7, 11) is 0. The second-order valence-electron chi connectivity index (χ2n) is 5.71. The number of amides is 2. The van der Waals surface area contributed by atoms with Crippen LogP contribution in [0.1, 0.15) is 38.2 Å². The van der Waals surface area contributed by atoms with Crippen LogP contribution in [0.15, 0.2) is 42.5 Å². The summed E-state index contributed by atoms with van der Waals surface area (Å²) >= 11 is 0. The minimum absolute atomic E-state index is 0.00201. The predicted molar refractivity (Wildman–Crippen MR) is 92.9 cm³/mol. The van der Waals surface area contributed by atoms with Crippen LogP contribution in [0.5, 0.6) is 0 Å². The first-order valence-corrected chi connectivity index (χ1v) is 8.14.